The van der Waals surface area contributed by atoms with Gasteiger partial charge in [0.2, 0.25) is 5.16 Å². The van der Waals surface area contributed by atoms with Crippen LogP contribution in [-0.2, 0) is 0 Å². The Kier molecular flexibility index (Phi) is 5.27. The number of nitrogens with zero attached hydrogens (tertiary/aromatic N) is 6. The maximum atomic E-state index is 13.1. The Morgan fingerprint density at radius 2 is 2.03 bits per heavy atom. The molecule has 0 bridgehead atoms. The molecular formula is C17H12FN7O2S2. The summed E-state index contributed by atoms with van der Waals surface area (Å²) in [4.78, 5) is 21.2. The number of nitrogens with two attached hydrogens (primary N) is 1. The van der Waals surface area contributed by atoms with E-state index in [1.807, 2.05) is 0 Å². The highest BCUT2D eigenvalue weighted by atomic mass is 32.2. The van der Waals surface area contributed by atoms with Crippen molar-refractivity contribution in [2.24, 2.45) is 5.73 Å². The van der Waals surface area contributed by atoms with E-state index in [2.05, 4.69) is 25.3 Å². The number of aromatic nitrogens is 6. The topological polar surface area (TPSA) is 126 Å². The Bertz CT molecular complexity index is 1180. The summed E-state index contributed by atoms with van der Waals surface area (Å²) in [6, 6.07) is 7.54. The summed E-state index contributed by atoms with van der Waals surface area (Å²) in [5.74, 6) is 0.0797. The molecule has 0 aliphatic carbocycles. The lowest BCUT2D eigenvalue weighted by Crippen LogP contribution is -2.15. The summed E-state index contributed by atoms with van der Waals surface area (Å²) >= 11 is 2.31. The van der Waals surface area contributed by atoms with E-state index < -0.39 is 5.91 Å². The molecule has 0 spiro atoms. The van der Waals surface area contributed by atoms with E-state index in [0.717, 1.165) is 23.5 Å². The van der Waals surface area contributed by atoms with Crippen molar-refractivity contribution in [3.8, 4) is 5.82 Å². The second kappa shape index (κ2) is 8.01. The van der Waals surface area contributed by atoms with Crippen molar-refractivity contribution in [2.45, 2.75) is 27.0 Å². The predicted octanol–water partition coefficient (Wildman–Crippen LogP) is 2.89. The lowest BCUT2D eigenvalue weighted by atomic mass is 10.4. The third-order valence-corrected chi connectivity index (χ3v) is 5.42. The molecule has 3 heterocycles. The van der Waals surface area contributed by atoms with Gasteiger partial charge in [-0.05, 0) is 43.0 Å². The number of hydrogen-bond acceptors (Lipinski definition) is 9. The van der Waals surface area contributed by atoms with Crippen LogP contribution in [0.5, 0.6) is 0 Å². The quantitative estimate of drug-likeness (QED) is 0.492. The highest BCUT2D eigenvalue weighted by Gasteiger charge is 2.18. The van der Waals surface area contributed by atoms with E-state index in [1.54, 1.807) is 29.7 Å². The SMILES string of the molecule is Cc1cc(-n2cnnc2Sc2cnc(Sc3ccc(F)cc3)c(C(N)=O)n2)no1. The van der Waals surface area contributed by atoms with Gasteiger partial charge in [0, 0.05) is 11.0 Å². The van der Waals surface area contributed by atoms with Gasteiger partial charge < -0.3 is 10.3 Å². The zero-order valence-corrected chi connectivity index (χ0v) is 16.4. The van der Waals surface area contributed by atoms with Crippen LogP contribution in [0.25, 0.3) is 5.82 Å². The van der Waals surface area contributed by atoms with Crippen molar-refractivity contribution < 1.29 is 13.7 Å². The Hall–Kier alpha value is -3.25. The molecule has 9 nitrogen and oxygen atoms in total. The molecule has 146 valence electrons. The molecule has 4 aromatic rings. The molecule has 3 aromatic heterocycles. The summed E-state index contributed by atoms with van der Waals surface area (Å²) < 4.78 is 19.8. The minimum Gasteiger partial charge on any atom is -0.364 e. The van der Waals surface area contributed by atoms with Crippen LogP contribution < -0.4 is 5.73 Å². The maximum absolute atomic E-state index is 13.1. The summed E-state index contributed by atoms with van der Waals surface area (Å²) in [6.45, 7) is 1.77. The minimum absolute atomic E-state index is 0.00710. The van der Waals surface area contributed by atoms with Gasteiger partial charge in [-0.1, -0.05) is 16.9 Å². The Morgan fingerprint density at radius 3 is 2.72 bits per heavy atom. The summed E-state index contributed by atoms with van der Waals surface area (Å²) in [5, 5.41) is 13.0. The molecule has 0 saturated carbocycles. The largest absolute Gasteiger partial charge is 0.364 e. The van der Waals surface area contributed by atoms with Gasteiger partial charge in [-0.2, -0.15) is 0 Å². The van der Waals surface area contributed by atoms with Crippen LogP contribution in [0, 0.1) is 12.7 Å². The number of primary amides is 1. The van der Waals surface area contributed by atoms with Gasteiger partial charge in [-0.3, -0.25) is 9.36 Å². The number of hydrogen-bond donors (Lipinski definition) is 1. The number of aryl methyl sites for hydroxylation is 1. The van der Waals surface area contributed by atoms with E-state index in [1.165, 1.54) is 24.7 Å². The molecule has 0 radical (unpaired) electrons. The number of halogens is 1. The van der Waals surface area contributed by atoms with Crippen LogP contribution in [0.15, 0.2) is 67.5 Å². The van der Waals surface area contributed by atoms with Gasteiger partial charge in [0.25, 0.3) is 5.91 Å². The molecule has 0 saturated heterocycles. The molecule has 4 rings (SSSR count). The van der Waals surface area contributed by atoms with Crippen molar-refractivity contribution in [2.75, 3.05) is 0 Å². The number of carbonyl (C=O) groups excluding carboxylic acids is 1. The van der Waals surface area contributed by atoms with Crippen LogP contribution >= 0.6 is 23.5 Å². The fourth-order valence-corrected chi connectivity index (χ4v) is 3.87. The summed E-state index contributed by atoms with van der Waals surface area (Å²) in [7, 11) is 0. The van der Waals surface area contributed by atoms with Crippen molar-refractivity contribution in [1.29, 1.82) is 0 Å². The molecule has 0 unspecified atom stereocenters. The fraction of sp³-hybridized carbons (Fsp3) is 0.0588. The van der Waals surface area contributed by atoms with Crippen LogP contribution in [0.2, 0.25) is 0 Å². The highest BCUT2D eigenvalue weighted by molar-refractivity contribution is 7.99. The predicted molar refractivity (Wildman–Crippen MR) is 101 cm³/mol. The van der Waals surface area contributed by atoms with Crippen LogP contribution in [0.4, 0.5) is 4.39 Å². The zero-order valence-electron chi connectivity index (χ0n) is 14.8. The zero-order chi connectivity index (χ0) is 20.4. The lowest BCUT2D eigenvalue weighted by molar-refractivity contribution is 0.0991. The molecular weight excluding hydrogens is 417 g/mol. The number of benzene rings is 1. The van der Waals surface area contributed by atoms with Crippen LogP contribution in [0.3, 0.4) is 0 Å². The first kappa shape index (κ1) is 19.1. The van der Waals surface area contributed by atoms with E-state index in [0.29, 0.717) is 31.7 Å². The van der Waals surface area contributed by atoms with Crippen molar-refractivity contribution in [1.82, 2.24) is 29.9 Å². The van der Waals surface area contributed by atoms with E-state index in [-0.39, 0.29) is 11.5 Å². The standard InChI is InChI=1S/C17H12FN7O2S2/c1-9-6-12(24-27-9)25-8-21-23-17(25)29-13-7-20-16(14(22-13)15(19)26)28-11-4-2-10(18)3-5-11/h2-8H,1H3,(H2,19,26). The summed E-state index contributed by atoms with van der Waals surface area (Å²) in [5.41, 5.74) is 5.49. The monoisotopic (exact) mass is 429 g/mol. The van der Waals surface area contributed by atoms with Gasteiger partial charge >= 0.3 is 0 Å². The Labute approximate surface area is 171 Å². The number of carbonyl (C=O) groups is 1. The molecule has 2 N–H and O–H groups in total. The van der Waals surface area contributed by atoms with Gasteiger partial charge in [0.1, 0.15) is 28.0 Å². The van der Waals surface area contributed by atoms with Gasteiger partial charge in [0.05, 0.1) is 6.20 Å². The molecule has 12 heteroatoms. The van der Waals surface area contributed by atoms with Crippen LogP contribution in [0.1, 0.15) is 16.2 Å². The molecule has 1 aromatic carbocycles. The van der Waals surface area contributed by atoms with Gasteiger partial charge in [-0.25, -0.2) is 14.4 Å². The van der Waals surface area contributed by atoms with Gasteiger partial charge in [0.15, 0.2) is 11.5 Å². The normalized spacial score (nSPS) is 11.0. The van der Waals surface area contributed by atoms with E-state index in [9.17, 15) is 9.18 Å². The first-order chi connectivity index (χ1) is 14.0. The van der Waals surface area contributed by atoms with E-state index >= 15 is 0 Å². The molecule has 0 aliphatic rings. The third kappa shape index (κ3) is 4.27. The third-order valence-electron chi connectivity index (χ3n) is 3.55. The second-order valence-electron chi connectivity index (χ2n) is 5.66. The average Bonchev–Trinajstić information content (AvgIpc) is 3.33. The van der Waals surface area contributed by atoms with Crippen LogP contribution in [-0.4, -0.2) is 35.8 Å². The minimum atomic E-state index is -0.724. The first-order valence-corrected chi connectivity index (χ1v) is 9.75. The van der Waals surface area contributed by atoms with E-state index in [4.69, 9.17) is 10.3 Å². The smallest absolute Gasteiger partial charge is 0.270 e. The second-order valence-corrected chi connectivity index (χ2v) is 7.71. The Morgan fingerprint density at radius 1 is 1.24 bits per heavy atom. The Balaban J connectivity index is 1.61. The highest BCUT2D eigenvalue weighted by Crippen LogP contribution is 2.31. The molecule has 0 fully saturated rings. The van der Waals surface area contributed by atoms with Crippen molar-refractivity contribution >= 4 is 29.4 Å². The number of rotatable bonds is 6. The molecule has 0 aliphatic heterocycles. The van der Waals surface area contributed by atoms with Crippen molar-refractivity contribution in [3.05, 3.63) is 60.1 Å². The first-order valence-electron chi connectivity index (χ1n) is 8.11. The number of amides is 1. The fourth-order valence-electron chi connectivity index (χ4n) is 2.27. The van der Waals surface area contributed by atoms with Gasteiger partial charge in [-0.15, -0.1) is 10.2 Å². The lowest BCUT2D eigenvalue weighted by Gasteiger charge is -2.07. The molecule has 29 heavy (non-hydrogen) atoms. The summed E-state index contributed by atoms with van der Waals surface area (Å²) in [6.07, 6.45) is 2.98. The maximum Gasteiger partial charge on any atom is 0.270 e. The van der Waals surface area contributed by atoms with Crippen molar-refractivity contribution in [3.63, 3.8) is 0 Å². The average molecular weight is 429 g/mol. The molecule has 1 amide bonds. The molecule has 0 atom stereocenters.